The Balaban J connectivity index is 1.91. The summed E-state index contributed by atoms with van der Waals surface area (Å²) in [7, 11) is 0. The minimum atomic E-state index is -1.91. The van der Waals surface area contributed by atoms with E-state index >= 15 is 0 Å². The summed E-state index contributed by atoms with van der Waals surface area (Å²) in [6.45, 7) is 1.70. The number of rotatable bonds is 7. The summed E-state index contributed by atoms with van der Waals surface area (Å²) >= 11 is 19.5. The minimum absolute atomic E-state index is 0.0237. The van der Waals surface area contributed by atoms with Gasteiger partial charge in [0.25, 0.3) is 0 Å². The van der Waals surface area contributed by atoms with Crippen molar-refractivity contribution in [3.63, 3.8) is 0 Å². The van der Waals surface area contributed by atoms with Gasteiger partial charge in [0.1, 0.15) is 5.60 Å². The van der Waals surface area contributed by atoms with Crippen LogP contribution in [0.4, 0.5) is 0 Å². The van der Waals surface area contributed by atoms with Gasteiger partial charge in [-0.3, -0.25) is 9.59 Å². The summed E-state index contributed by atoms with van der Waals surface area (Å²) in [5.41, 5.74) is -1.89. The first-order chi connectivity index (χ1) is 21.0. The van der Waals surface area contributed by atoms with Crippen LogP contribution in [0.5, 0.6) is 0 Å². The fraction of sp³-hybridized carbons (Fsp3) is 0.229. The Bertz CT molecular complexity index is 1740. The second kappa shape index (κ2) is 13.2. The smallest absolute Gasteiger partial charge is 0.327 e. The summed E-state index contributed by atoms with van der Waals surface area (Å²) < 4.78 is 7.08. The molecule has 0 aromatic heterocycles. The van der Waals surface area contributed by atoms with Gasteiger partial charge in [0.15, 0.2) is 11.2 Å². The van der Waals surface area contributed by atoms with E-state index in [1.54, 1.807) is 73.7 Å². The summed E-state index contributed by atoms with van der Waals surface area (Å²) in [5, 5.41) is 25.2. The lowest BCUT2D eigenvalue weighted by atomic mass is 9.47. The van der Waals surface area contributed by atoms with Crippen LogP contribution < -0.4 is 0 Å². The molecule has 1 aliphatic rings. The van der Waals surface area contributed by atoms with Gasteiger partial charge in [-0.2, -0.15) is 5.26 Å². The molecule has 4 aromatic rings. The van der Waals surface area contributed by atoms with E-state index in [-0.39, 0.29) is 18.6 Å². The van der Waals surface area contributed by atoms with Crippen molar-refractivity contribution in [3.05, 3.63) is 138 Å². The highest BCUT2D eigenvalue weighted by Gasteiger charge is 2.67. The Kier molecular flexibility index (Phi) is 9.69. The molecule has 1 fully saturated rings. The lowest BCUT2D eigenvalue weighted by Gasteiger charge is -2.54. The van der Waals surface area contributed by atoms with E-state index in [1.165, 1.54) is 0 Å². The van der Waals surface area contributed by atoms with Crippen LogP contribution in [-0.4, -0.2) is 23.5 Å². The average Bonchev–Trinajstić information content (AvgIpc) is 3.01. The van der Waals surface area contributed by atoms with Crippen molar-refractivity contribution in [1.82, 2.24) is 0 Å². The van der Waals surface area contributed by atoms with E-state index in [1.807, 2.05) is 30.3 Å². The molecule has 224 valence electrons. The monoisotopic (exact) mass is 753 g/mol. The van der Waals surface area contributed by atoms with Crippen LogP contribution in [0.25, 0.3) is 0 Å². The zero-order valence-corrected chi connectivity index (χ0v) is 28.2. The highest BCUT2D eigenvalue weighted by molar-refractivity contribution is 9.10. The number of hydrogen-bond donors (Lipinski definition) is 1. The fourth-order valence-electron chi connectivity index (χ4n) is 6.52. The number of Topliss-reactive ketones (excluding diaryl/α,β-unsaturated/α-hetero) is 1. The van der Waals surface area contributed by atoms with Gasteiger partial charge < -0.3 is 9.84 Å². The lowest BCUT2D eigenvalue weighted by Crippen LogP contribution is -2.59. The van der Waals surface area contributed by atoms with Gasteiger partial charge in [0.2, 0.25) is 0 Å². The van der Waals surface area contributed by atoms with Crippen molar-refractivity contribution in [3.8, 4) is 6.07 Å². The van der Waals surface area contributed by atoms with Gasteiger partial charge in [-0.25, -0.2) is 0 Å². The highest BCUT2D eigenvalue weighted by Crippen LogP contribution is 2.64. The topological polar surface area (TPSA) is 87.4 Å². The molecule has 0 unspecified atom stereocenters. The first-order valence-corrected chi connectivity index (χ1v) is 16.3. The van der Waals surface area contributed by atoms with Crippen LogP contribution in [0, 0.1) is 22.7 Å². The minimum Gasteiger partial charge on any atom is -0.465 e. The molecule has 5 nitrogen and oxygen atoms in total. The Morgan fingerprint density at radius 1 is 0.909 bits per heavy atom. The van der Waals surface area contributed by atoms with Crippen LogP contribution >= 0.6 is 55.1 Å². The molecule has 4 aromatic carbocycles. The van der Waals surface area contributed by atoms with Crippen LogP contribution in [-0.2, 0) is 15.1 Å². The predicted molar refractivity (Wildman–Crippen MR) is 178 cm³/mol. The van der Waals surface area contributed by atoms with Crippen LogP contribution in [0.15, 0.2) is 106 Å². The number of hydrogen-bond acceptors (Lipinski definition) is 5. The molecular formula is C35H27Br2Cl2NO4. The van der Waals surface area contributed by atoms with Gasteiger partial charge in [0.05, 0.1) is 18.6 Å². The number of ether oxygens (including phenoxy) is 1. The maximum Gasteiger partial charge on any atom is 0.327 e. The first kappa shape index (κ1) is 32.4. The number of benzene rings is 4. The first-order valence-electron chi connectivity index (χ1n) is 13.9. The maximum atomic E-state index is 14.8. The number of nitrogens with zero attached hydrogens (tertiary/aromatic N) is 1. The van der Waals surface area contributed by atoms with Gasteiger partial charge in [-0.15, -0.1) is 0 Å². The Morgan fingerprint density at radius 2 is 1.45 bits per heavy atom. The average molecular weight is 756 g/mol. The molecule has 5 rings (SSSR count). The predicted octanol–water partition coefficient (Wildman–Crippen LogP) is 9.25. The number of carbonyl (C=O) groups excluding carboxylic acids is 2. The molecule has 0 bridgehead atoms. The van der Waals surface area contributed by atoms with Crippen molar-refractivity contribution in [2.24, 2.45) is 11.3 Å². The number of aliphatic hydroxyl groups is 1. The third-order valence-electron chi connectivity index (χ3n) is 8.42. The molecule has 0 spiro atoms. The van der Waals surface area contributed by atoms with Gasteiger partial charge in [-0.1, -0.05) is 91.5 Å². The Morgan fingerprint density at radius 3 is 2.00 bits per heavy atom. The van der Waals surface area contributed by atoms with E-state index in [4.69, 9.17) is 27.9 Å². The quantitative estimate of drug-likeness (QED) is 0.150. The Labute approximate surface area is 283 Å². The second-order valence-corrected chi connectivity index (χ2v) is 13.5. The van der Waals surface area contributed by atoms with E-state index < -0.39 is 40.5 Å². The molecule has 1 N–H and O–H groups in total. The van der Waals surface area contributed by atoms with E-state index in [0.29, 0.717) is 31.2 Å². The molecule has 0 radical (unpaired) electrons. The van der Waals surface area contributed by atoms with Crippen molar-refractivity contribution >= 4 is 66.8 Å². The summed E-state index contributed by atoms with van der Waals surface area (Å²) in [6.07, 6.45) is -0.133. The number of esters is 1. The molecular weight excluding hydrogens is 729 g/mol. The number of carbonyl (C=O) groups is 2. The standard InChI is InChI=1S/C35H27Br2Cl2NO4/c1-2-44-33(42)34(20-40)29(22-5-3-7-25(36)17-22)19-35(43,24-11-15-28(39)16-12-24)31(30(34)23-6-4-8-26(37)18-23)32(41)21-9-13-27(38)14-10-21/h3-18,29-31,43H,2,19H2,1H3/t29-,30-,31-,34-,35-/m0/s1. The normalized spacial score (nSPS) is 24.7. The SMILES string of the molecule is CCOC(=O)[C@@]1(C#N)[C@H](c2cccc(Br)c2)C[C@](O)(c2ccc(Cl)cc2)[C@H](C(=O)c2ccc(Cl)cc2)[C@@H]1c1cccc(Br)c1. The van der Waals surface area contributed by atoms with Crippen molar-refractivity contribution in [2.75, 3.05) is 6.61 Å². The van der Waals surface area contributed by atoms with E-state index in [2.05, 4.69) is 37.9 Å². The zero-order chi connectivity index (χ0) is 31.6. The summed E-state index contributed by atoms with van der Waals surface area (Å²) in [4.78, 5) is 29.1. The van der Waals surface area contributed by atoms with Gasteiger partial charge in [0, 0.05) is 36.4 Å². The van der Waals surface area contributed by atoms with Crippen molar-refractivity contribution in [1.29, 1.82) is 5.26 Å². The lowest BCUT2D eigenvalue weighted by molar-refractivity contribution is -0.164. The van der Waals surface area contributed by atoms with Gasteiger partial charge in [-0.05, 0) is 90.7 Å². The molecule has 9 heteroatoms. The number of nitriles is 1. The maximum absolute atomic E-state index is 14.8. The number of halogens is 4. The molecule has 0 aliphatic heterocycles. The molecule has 0 heterocycles. The molecule has 0 amide bonds. The Hall–Kier alpha value is -2.99. The molecule has 5 atom stereocenters. The fourth-order valence-corrected chi connectivity index (χ4v) is 7.61. The number of ketones is 1. The third-order valence-corrected chi connectivity index (χ3v) is 9.91. The van der Waals surface area contributed by atoms with E-state index in [9.17, 15) is 20.0 Å². The summed E-state index contributed by atoms with van der Waals surface area (Å²) in [5.74, 6) is -4.54. The third kappa shape index (κ3) is 5.87. The largest absolute Gasteiger partial charge is 0.465 e. The molecule has 0 saturated heterocycles. The van der Waals surface area contributed by atoms with Crippen molar-refractivity contribution in [2.45, 2.75) is 30.8 Å². The molecule has 1 saturated carbocycles. The molecule has 44 heavy (non-hydrogen) atoms. The molecule has 1 aliphatic carbocycles. The zero-order valence-electron chi connectivity index (χ0n) is 23.5. The highest BCUT2D eigenvalue weighted by atomic mass is 79.9. The summed E-state index contributed by atoms with van der Waals surface area (Å²) in [6, 6.07) is 29.9. The van der Waals surface area contributed by atoms with Crippen LogP contribution in [0.2, 0.25) is 10.0 Å². The van der Waals surface area contributed by atoms with Crippen LogP contribution in [0.3, 0.4) is 0 Å². The van der Waals surface area contributed by atoms with Gasteiger partial charge >= 0.3 is 5.97 Å². The van der Waals surface area contributed by atoms with Crippen molar-refractivity contribution < 1.29 is 19.4 Å². The second-order valence-electron chi connectivity index (χ2n) is 10.8. The van der Waals surface area contributed by atoms with E-state index in [0.717, 1.165) is 4.47 Å². The van der Waals surface area contributed by atoms with Crippen LogP contribution in [0.1, 0.15) is 52.2 Å².